The summed E-state index contributed by atoms with van der Waals surface area (Å²) in [4.78, 5) is 11.7. The first-order chi connectivity index (χ1) is 7.20. The summed E-state index contributed by atoms with van der Waals surface area (Å²) in [7, 11) is 0. The van der Waals surface area contributed by atoms with Crippen molar-refractivity contribution in [2.45, 2.75) is 33.2 Å². The number of ketones is 1. The van der Waals surface area contributed by atoms with E-state index in [-0.39, 0.29) is 5.78 Å². The van der Waals surface area contributed by atoms with Crippen molar-refractivity contribution in [1.29, 1.82) is 0 Å². The van der Waals surface area contributed by atoms with Crippen LogP contribution in [-0.4, -0.2) is 15.6 Å². The highest BCUT2D eigenvalue weighted by atomic mass is 35.5. The van der Waals surface area contributed by atoms with Gasteiger partial charge in [-0.05, 0) is 18.9 Å². The summed E-state index contributed by atoms with van der Waals surface area (Å²) in [6, 6.07) is 0. The molecular weight excluding hydrogens is 212 g/mol. The second-order valence-corrected chi connectivity index (χ2v) is 3.65. The third-order valence-electron chi connectivity index (χ3n) is 1.97. The number of nitrogens with zero attached hydrogens (tertiary/aromatic N) is 2. The Labute approximate surface area is 94.7 Å². The molecule has 0 fully saturated rings. The van der Waals surface area contributed by atoms with Gasteiger partial charge in [-0.2, -0.15) is 5.10 Å². The van der Waals surface area contributed by atoms with E-state index in [1.54, 1.807) is 10.8 Å². The number of aryl methyl sites for hydroxylation is 1. The number of rotatable bonds is 5. The Morgan fingerprint density at radius 1 is 1.60 bits per heavy atom. The second kappa shape index (κ2) is 5.71. The normalized spacial score (nSPS) is 11.1. The standard InChI is InChI=1S/C11H15ClN2O/c1-3-5-6-10(15)11-9(12)8-13-14(11)7-4-2/h5-6,8H,3-4,7H2,1-2H3/b6-5+. The number of carbonyl (C=O) groups is 1. The summed E-state index contributed by atoms with van der Waals surface area (Å²) in [6.07, 6.45) is 6.66. The Morgan fingerprint density at radius 2 is 2.33 bits per heavy atom. The largest absolute Gasteiger partial charge is 0.288 e. The van der Waals surface area contributed by atoms with Crippen LogP contribution in [0.3, 0.4) is 0 Å². The summed E-state index contributed by atoms with van der Waals surface area (Å²) in [6.45, 7) is 4.73. The zero-order chi connectivity index (χ0) is 11.3. The number of carbonyl (C=O) groups excluding carboxylic acids is 1. The van der Waals surface area contributed by atoms with E-state index < -0.39 is 0 Å². The fourth-order valence-corrected chi connectivity index (χ4v) is 1.53. The Balaban J connectivity index is 2.95. The summed E-state index contributed by atoms with van der Waals surface area (Å²) < 4.78 is 1.66. The minimum atomic E-state index is -0.0761. The van der Waals surface area contributed by atoms with Crippen LogP contribution >= 0.6 is 11.6 Å². The number of allylic oxidation sites excluding steroid dienone is 2. The molecule has 15 heavy (non-hydrogen) atoms. The average molecular weight is 227 g/mol. The third kappa shape index (κ3) is 2.93. The smallest absolute Gasteiger partial charge is 0.205 e. The molecule has 0 amide bonds. The van der Waals surface area contributed by atoms with Crippen molar-refractivity contribution < 1.29 is 4.79 Å². The highest BCUT2D eigenvalue weighted by molar-refractivity contribution is 6.34. The molecule has 0 aromatic carbocycles. The van der Waals surface area contributed by atoms with Crippen LogP contribution in [0.5, 0.6) is 0 Å². The Kier molecular flexibility index (Phi) is 4.56. The van der Waals surface area contributed by atoms with Gasteiger partial charge in [0.05, 0.1) is 11.2 Å². The van der Waals surface area contributed by atoms with Gasteiger partial charge in [0.1, 0.15) is 5.69 Å². The van der Waals surface area contributed by atoms with Crippen molar-refractivity contribution in [1.82, 2.24) is 9.78 Å². The first-order valence-electron chi connectivity index (χ1n) is 5.12. The fourth-order valence-electron chi connectivity index (χ4n) is 1.29. The highest BCUT2D eigenvalue weighted by Crippen LogP contribution is 2.16. The van der Waals surface area contributed by atoms with Gasteiger partial charge in [-0.25, -0.2) is 0 Å². The van der Waals surface area contributed by atoms with E-state index >= 15 is 0 Å². The first-order valence-corrected chi connectivity index (χ1v) is 5.50. The molecule has 3 nitrogen and oxygen atoms in total. The molecule has 0 N–H and O–H groups in total. The lowest BCUT2D eigenvalue weighted by molar-refractivity contribution is 0.103. The minimum Gasteiger partial charge on any atom is -0.288 e. The first kappa shape index (κ1) is 12.0. The number of hydrogen-bond acceptors (Lipinski definition) is 2. The molecule has 0 spiro atoms. The Bertz CT molecular complexity index is 369. The summed E-state index contributed by atoms with van der Waals surface area (Å²) in [5.41, 5.74) is 0.489. The molecular formula is C11H15ClN2O. The maximum atomic E-state index is 11.7. The number of hydrogen-bond donors (Lipinski definition) is 0. The molecule has 1 heterocycles. The van der Waals surface area contributed by atoms with Gasteiger partial charge in [0.25, 0.3) is 0 Å². The van der Waals surface area contributed by atoms with Crippen LogP contribution in [-0.2, 0) is 6.54 Å². The molecule has 0 bridgehead atoms. The quantitative estimate of drug-likeness (QED) is 0.571. The van der Waals surface area contributed by atoms with Gasteiger partial charge >= 0.3 is 0 Å². The summed E-state index contributed by atoms with van der Waals surface area (Å²) in [5.74, 6) is -0.0761. The van der Waals surface area contributed by atoms with Gasteiger partial charge in [-0.1, -0.05) is 31.5 Å². The lowest BCUT2D eigenvalue weighted by Gasteiger charge is -2.02. The van der Waals surface area contributed by atoms with Crippen molar-refractivity contribution in [3.8, 4) is 0 Å². The highest BCUT2D eigenvalue weighted by Gasteiger charge is 2.14. The lowest BCUT2D eigenvalue weighted by atomic mass is 10.2. The van der Waals surface area contributed by atoms with E-state index in [2.05, 4.69) is 5.10 Å². The minimum absolute atomic E-state index is 0.0761. The van der Waals surface area contributed by atoms with Gasteiger partial charge in [0.2, 0.25) is 5.78 Å². The van der Waals surface area contributed by atoms with E-state index in [9.17, 15) is 4.79 Å². The Morgan fingerprint density at radius 3 is 2.93 bits per heavy atom. The van der Waals surface area contributed by atoms with Gasteiger partial charge in [0.15, 0.2) is 0 Å². The van der Waals surface area contributed by atoms with Gasteiger partial charge < -0.3 is 0 Å². The molecule has 0 atom stereocenters. The van der Waals surface area contributed by atoms with Gasteiger partial charge in [-0.15, -0.1) is 0 Å². The van der Waals surface area contributed by atoms with Crippen molar-refractivity contribution in [2.24, 2.45) is 0 Å². The fraction of sp³-hybridized carbons (Fsp3) is 0.455. The van der Waals surface area contributed by atoms with Crippen LogP contribution in [0.1, 0.15) is 37.2 Å². The predicted octanol–water partition coefficient (Wildman–Crippen LogP) is 3.10. The molecule has 0 aliphatic rings. The molecule has 0 unspecified atom stereocenters. The van der Waals surface area contributed by atoms with Crippen LogP contribution in [0.15, 0.2) is 18.3 Å². The van der Waals surface area contributed by atoms with Gasteiger partial charge in [-0.3, -0.25) is 9.48 Å². The third-order valence-corrected chi connectivity index (χ3v) is 2.25. The number of halogens is 1. The zero-order valence-corrected chi connectivity index (χ0v) is 9.79. The monoisotopic (exact) mass is 226 g/mol. The summed E-state index contributed by atoms with van der Waals surface area (Å²) >= 11 is 5.92. The maximum absolute atomic E-state index is 11.7. The lowest BCUT2D eigenvalue weighted by Crippen LogP contribution is -2.09. The van der Waals surface area contributed by atoms with Crippen LogP contribution in [0, 0.1) is 0 Å². The van der Waals surface area contributed by atoms with Gasteiger partial charge in [0, 0.05) is 6.54 Å². The molecule has 4 heteroatoms. The van der Waals surface area contributed by atoms with Crippen molar-refractivity contribution in [2.75, 3.05) is 0 Å². The number of aromatic nitrogens is 2. The van der Waals surface area contributed by atoms with Crippen LogP contribution in [0.2, 0.25) is 5.02 Å². The summed E-state index contributed by atoms with van der Waals surface area (Å²) in [5, 5.41) is 4.49. The molecule has 0 saturated carbocycles. The van der Waals surface area contributed by atoms with Crippen molar-refractivity contribution in [3.63, 3.8) is 0 Å². The molecule has 0 aliphatic heterocycles. The SMILES string of the molecule is CC/C=C/C(=O)c1c(Cl)cnn1CCC. The van der Waals surface area contributed by atoms with Crippen LogP contribution < -0.4 is 0 Å². The molecule has 82 valence electrons. The van der Waals surface area contributed by atoms with E-state index in [0.717, 1.165) is 12.8 Å². The van der Waals surface area contributed by atoms with E-state index in [1.165, 1.54) is 6.20 Å². The van der Waals surface area contributed by atoms with Crippen molar-refractivity contribution in [3.05, 3.63) is 29.1 Å². The molecule has 0 saturated heterocycles. The van der Waals surface area contributed by atoms with E-state index in [4.69, 9.17) is 11.6 Å². The topological polar surface area (TPSA) is 34.9 Å². The average Bonchev–Trinajstić information content (AvgIpc) is 2.57. The zero-order valence-electron chi connectivity index (χ0n) is 9.03. The molecule has 0 aliphatic carbocycles. The molecule has 1 aromatic rings. The van der Waals surface area contributed by atoms with Crippen molar-refractivity contribution >= 4 is 17.4 Å². The molecule has 1 aromatic heterocycles. The molecule has 0 radical (unpaired) electrons. The molecule has 1 rings (SSSR count). The predicted molar refractivity (Wildman–Crippen MR) is 61.3 cm³/mol. The second-order valence-electron chi connectivity index (χ2n) is 3.24. The Hall–Kier alpha value is -1.09. The van der Waals surface area contributed by atoms with Crippen LogP contribution in [0.4, 0.5) is 0 Å². The van der Waals surface area contributed by atoms with E-state index in [1.807, 2.05) is 19.9 Å². The maximum Gasteiger partial charge on any atom is 0.205 e. The van der Waals surface area contributed by atoms with Crippen LogP contribution in [0.25, 0.3) is 0 Å². The van der Waals surface area contributed by atoms with E-state index in [0.29, 0.717) is 17.3 Å².